The van der Waals surface area contributed by atoms with E-state index in [1.165, 1.54) is 193 Å². The molecule has 0 fully saturated rings. The Morgan fingerprint density at radius 3 is 0.809 bits per heavy atom. The molecular formula is C75H146O17P2. The number of hydrogen-bond acceptors (Lipinski definition) is 15. The molecule has 0 aliphatic heterocycles. The average molecular weight is 1380 g/mol. The molecule has 0 aromatic carbocycles. The highest BCUT2D eigenvalue weighted by Crippen LogP contribution is 2.45. The summed E-state index contributed by atoms with van der Waals surface area (Å²) >= 11 is 0. The van der Waals surface area contributed by atoms with Crippen molar-refractivity contribution in [2.75, 3.05) is 39.6 Å². The first-order chi connectivity index (χ1) is 45.3. The fraction of sp³-hybridized carbons (Fsp3) is 0.947. The van der Waals surface area contributed by atoms with Crippen molar-refractivity contribution in [1.29, 1.82) is 0 Å². The molecule has 0 saturated heterocycles. The first kappa shape index (κ1) is 92.1. The molecule has 0 rings (SSSR count). The number of aliphatic hydroxyl groups excluding tert-OH is 1. The number of esters is 4. The van der Waals surface area contributed by atoms with Crippen molar-refractivity contribution in [3.8, 4) is 0 Å². The minimum absolute atomic E-state index is 0.105. The summed E-state index contributed by atoms with van der Waals surface area (Å²) < 4.78 is 68.5. The van der Waals surface area contributed by atoms with E-state index in [9.17, 15) is 43.2 Å². The predicted octanol–water partition coefficient (Wildman–Crippen LogP) is 21.8. The Labute approximate surface area is 575 Å². The summed E-state index contributed by atoms with van der Waals surface area (Å²) in [5, 5.41) is 10.6. The smallest absolute Gasteiger partial charge is 0.462 e. The van der Waals surface area contributed by atoms with Crippen molar-refractivity contribution in [3.05, 3.63) is 0 Å². The summed E-state index contributed by atoms with van der Waals surface area (Å²) in [4.78, 5) is 72.7. The van der Waals surface area contributed by atoms with Crippen molar-refractivity contribution in [3.63, 3.8) is 0 Å². The van der Waals surface area contributed by atoms with Crippen molar-refractivity contribution < 1.29 is 80.2 Å². The van der Waals surface area contributed by atoms with Gasteiger partial charge < -0.3 is 33.8 Å². The molecule has 6 atom stereocenters. The van der Waals surface area contributed by atoms with Crippen LogP contribution < -0.4 is 0 Å². The fourth-order valence-electron chi connectivity index (χ4n) is 11.4. The molecular weight excluding hydrogens is 1230 g/mol. The Hall–Kier alpha value is -1.94. The first-order valence-corrected chi connectivity index (χ1v) is 41.9. The number of carbonyl (C=O) groups excluding carboxylic acids is 4. The molecule has 19 heteroatoms. The monoisotopic (exact) mass is 1380 g/mol. The van der Waals surface area contributed by atoms with Gasteiger partial charge in [-0.25, -0.2) is 9.13 Å². The lowest BCUT2D eigenvalue weighted by Gasteiger charge is -2.21. The van der Waals surface area contributed by atoms with E-state index >= 15 is 0 Å². The van der Waals surface area contributed by atoms with Gasteiger partial charge in [0.15, 0.2) is 12.2 Å². The highest BCUT2D eigenvalue weighted by molar-refractivity contribution is 7.47. The molecule has 0 bridgehead atoms. The molecule has 0 aromatic rings. The van der Waals surface area contributed by atoms with E-state index in [1.54, 1.807) is 0 Å². The maximum atomic E-state index is 13.1. The number of ether oxygens (including phenoxy) is 4. The van der Waals surface area contributed by atoms with Crippen LogP contribution in [0.4, 0.5) is 0 Å². The van der Waals surface area contributed by atoms with Gasteiger partial charge in [-0.3, -0.25) is 37.3 Å². The maximum Gasteiger partial charge on any atom is 0.472 e. The van der Waals surface area contributed by atoms with Gasteiger partial charge in [0.05, 0.1) is 26.4 Å². The van der Waals surface area contributed by atoms with Gasteiger partial charge in [-0.2, -0.15) is 0 Å². The lowest BCUT2D eigenvalue weighted by molar-refractivity contribution is -0.161. The molecule has 0 aliphatic rings. The zero-order chi connectivity index (χ0) is 69.4. The highest BCUT2D eigenvalue weighted by Gasteiger charge is 2.30. The zero-order valence-corrected chi connectivity index (χ0v) is 63.2. The third-order valence-electron chi connectivity index (χ3n) is 17.7. The van der Waals surface area contributed by atoms with E-state index in [1.807, 2.05) is 0 Å². The van der Waals surface area contributed by atoms with Gasteiger partial charge in [-0.05, 0) is 43.4 Å². The fourth-order valence-corrected chi connectivity index (χ4v) is 13.0. The van der Waals surface area contributed by atoms with E-state index in [0.29, 0.717) is 25.7 Å². The molecule has 3 N–H and O–H groups in total. The normalized spacial score (nSPS) is 14.4. The first-order valence-electron chi connectivity index (χ1n) is 38.9. The van der Waals surface area contributed by atoms with Crippen LogP contribution in [0.2, 0.25) is 0 Å². The molecule has 558 valence electrons. The van der Waals surface area contributed by atoms with Crippen LogP contribution >= 0.6 is 15.6 Å². The van der Waals surface area contributed by atoms with E-state index in [4.69, 9.17) is 37.0 Å². The SMILES string of the molecule is CCCCCCCCCCCC(=O)OC[C@H](COP(=O)(O)OC[C@H](O)COP(=O)(O)OC[C@@H](COC(=O)CCCCCCCCCCCCCCC(C)C)OC(=O)CCCCCCCCCCCCCCCCC(C)CC)OC(=O)CCCCCCCCCCCC(C)C. The Morgan fingerprint density at radius 2 is 0.543 bits per heavy atom. The number of hydrogen-bond donors (Lipinski definition) is 3. The van der Waals surface area contributed by atoms with Crippen LogP contribution in [0.5, 0.6) is 0 Å². The molecule has 0 heterocycles. The summed E-state index contributed by atoms with van der Waals surface area (Å²) in [5.74, 6) is 0.244. The van der Waals surface area contributed by atoms with Gasteiger partial charge in [0, 0.05) is 25.7 Å². The van der Waals surface area contributed by atoms with Crippen molar-refractivity contribution in [2.45, 2.75) is 401 Å². The average Bonchev–Trinajstić information content (AvgIpc) is 1.31. The lowest BCUT2D eigenvalue weighted by atomic mass is 9.99. The number of unbranched alkanes of at least 4 members (excludes halogenated alkanes) is 40. The Bertz CT molecular complexity index is 1840. The standard InChI is InChI=1S/C75H146O17P2/c1-8-10-11-12-13-25-35-42-49-56-72(77)85-62-70(92-75(80)59-52-45-38-31-24-27-33-40-47-54-67(5)6)64-89-93(81,82)87-60-69(76)61-88-94(83,84)90-65-71(63-86-73(78)57-50-43-36-29-22-19-18-20-26-32-39-46-53-66(3)4)91-74(79)58-51-44-37-30-23-17-15-14-16-21-28-34-41-48-55-68(7)9-2/h66-71,76H,8-65H2,1-7H3,(H,81,82)(H,83,84)/t68?,69-,70+,71+/m0/s1. The summed E-state index contributed by atoms with van der Waals surface area (Å²) in [7, 11) is -9.91. The molecule has 0 spiro atoms. The van der Waals surface area contributed by atoms with Crippen LogP contribution in [-0.4, -0.2) is 96.7 Å². The van der Waals surface area contributed by atoms with Crippen LogP contribution in [-0.2, 0) is 65.4 Å². The summed E-state index contributed by atoms with van der Waals surface area (Å²) in [6.45, 7) is 11.9. The van der Waals surface area contributed by atoms with Crippen LogP contribution in [0.15, 0.2) is 0 Å². The van der Waals surface area contributed by atoms with Crippen LogP contribution in [0, 0.1) is 17.8 Å². The van der Waals surface area contributed by atoms with E-state index < -0.39 is 97.5 Å². The molecule has 0 saturated carbocycles. The van der Waals surface area contributed by atoms with Gasteiger partial charge >= 0.3 is 39.5 Å². The second-order valence-electron chi connectivity index (χ2n) is 28.2. The third-order valence-corrected chi connectivity index (χ3v) is 19.6. The number of carbonyl (C=O) groups is 4. The van der Waals surface area contributed by atoms with Crippen molar-refractivity contribution in [2.24, 2.45) is 17.8 Å². The Morgan fingerprint density at radius 1 is 0.309 bits per heavy atom. The van der Waals surface area contributed by atoms with Crippen LogP contribution in [0.1, 0.15) is 382 Å². The molecule has 3 unspecified atom stereocenters. The topological polar surface area (TPSA) is 237 Å². The molecule has 17 nitrogen and oxygen atoms in total. The van der Waals surface area contributed by atoms with Gasteiger partial charge in [-0.15, -0.1) is 0 Å². The number of phosphoric acid groups is 2. The molecule has 0 amide bonds. The summed E-state index contributed by atoms with van der Waals surface area (Å²) in [6.07, 6.45) is 51.2. The predicted molar refractivity (Wildman–Crippen MR) is 381 cm³/mol. The van der Waals surface area contributed by atoms with Crippen LogP contribution in [0.3, 0.4) is 0 Å². The van der Waals surface area contributed by atoms with E-state index in [2.05, 4.69) is 48.5 Å². The summed E-state index contributed by atoms with van der Waals surface area (Å²) in [5.41, 5.74) is 0. The highest BCUT2D eigenvalue weighted by atomic mass is 31.2. The van der Waals surface area contributed by atoms with Crippen molar-refractivity contribution >= 4 is 39.5 Å². The van der Waals surface area contributed by atoms with Gasteiger partial charge in [0.25, 0.3) is 0 Å². The Balaban J connectivity index is 5.24. The molecule has 0 radical (unpaired) electrons. The van der Waals surface area contributed by atoms with Gasteiger partial charge in [0.1, 0.15) is 19.3 Å². The quantitative estimate of drug-likeness (QED) is 0.0222. The largest absolute Gasteiger partial charge is 0.472 e. The third kappa shape index (κ3) is 67.3. The van der Waals surface area contributed by atoms with E-state index in [-0.39, 0.29) is 25.7 Å². The van der Waals surface area contributed by atoms with Gasteiger partial charge in [-0.1, -0.05) is 331 Å². The van der Waals surface area contributed by atoms with Crippen molar-refractivity contribution in [1.82, 2.24) is 0 Å². The van der Waals surface area contributed by atoms with Crippen LogP contribution in [0.25, 0.3) is 0 Å². The zero-order valence-electron chi connectivity index (χ0n) is 61.4. The summed E-state index contributed by atoms with van der Waals surface area (Å²) in [6, 6.07) is 0. The lowest BCUT2D eigenvalue weighted by Crippen LogP contribution is -2.30. The number of aliphatic hydroxyl groups is 1. The Kier molecular flexibility index (Phi) is 64.3. The molecule has 94 heavy (non-hydrogen) atoms. The maximum absolute atomic E-state index is 13.1. The second-order valence-corrected chi connectivity index (χ2v) is 31.1. The van der Waals surface area contributed by atoms with Gasteiger partial charge in [0.2, 0.25) is 0 Å². The van der Waals surface area contributed by atoms with E-state index in [0.717, 1.165) is 108 Å². The molecule has 0 aliphatic carbocycles. The minimum atomic E-state index is -4.96. The number of phosphoric ester groups is 2. The second kappa shape index (κ2) is 65.7. The minimum Gasteiger partial charge on any atom is -0.462 e. The number of rotatable bonds is 73. The molecule has 0 aromatic heterocycles.